The summed E-state index contributed by atoms with van der Waals surface area (Å²) in [5, 5.41) is 10.3. The number of nitro groups is 1. The Morgan fingerprint density at radius 2 is 2.33 bits per heavy atom. The molecule has 0 amide bonds. The van der Waals surface area contributed by atoms with Gasteiger partial charge in [-0.05, 0) is 5.56 Å². The molecule has 0 aliphatic heterocycles. The first-order valence-corrected chi connectivity index (χ1v) is 3.63. The predicted molar refractivity (Wildman–Crippen MR) is 46.6 cm³/mol. The number of nitrogens with zero attached hydrogens (tertiary/aromatic N) is 2. The number of non-ortho nitro benzene ring substituents is 1. The van der Waals surface area contributed by atoms with Gasteiger partial charge in [0, 0.05) is 24.6 Å². The maximum Gasteiger partial charge on any atom is 0.269 e. The van der Waals surface area contributed by atoms with E-state index in [1.165, 1.54) is 12.1 Å². The van der Waals surface area contributed by atoms with Gasteiger partial charge in [0.05, 0.1) is 11.5 Å². The van der Waals surface area contributed by atoms with Crippen LogP contribution in [0.15, 0.2) is 28.6 Å². The minimum Gasteiger partial charge on any atom is -0.258 e. The molecule has 0 bridgehead atoms. The molecular weight excluding hydrogens is 176 g/mol. The maximum absolute atomic E-state index is 10.3. The Hall–Kier alpha value is -1.36. The first kappa shape index (κ1) is 8.73. The summed E-state index contributed by atoms with van der Waals surface area (Å²) in [5.41, 5.74) is 0.838. The zero-order chi connectivity index (χ0) is 8.97. The second-order valence-electron chi connectivity index (χ2n) is 2.21. The Morgan fingerprint density at radius 3 is 2.92 bits per heavy atom. The summed E-state index contributed by atoms with van der Waals surface area (Å²) in [6.07, 6.45) is 0. The highest BCUT2D eigenvalue weighted by atomic mass is 32.1. The van der Waals surface area contributed by atoms with Crippen LogP contribution in [0.5, 0.6) is 0 Å². The SMILES string of the molecule is O=[N+]([O-])c1cccc(CN=S)c1. The molecule has 0 aliphatic rings. The molecule has 0 unspecified atom stereocenters. The van der Waals surface area contributed by atoms with Crippen molar-refractivity contribution in [2.75, 3.05) is 0 Å². The van der Waals surface area contributed by atoms with E-state index in [2.05, 4.69) is 16.8 Å². The Balaban J connectivity index is 2.95. The molecule has 0 N–H and O–H groups in total. The molecule has 1 aromatic rings. The van der Waals surface area contributed by atoms with E-state index < -0.39 is 4.92 Å². The fourth-order valence-electron chi connectivity index (χ4n) is 0.843. The first-order valence-electron chi connectivity index (χ1n) is 3.26. The Morgan fingerprint density at radius 1 is 1.58 bits per heavy atom. The van der Waals surface area contributed by atoms with Crippen molar-refractivity contribution >= 4 is 18.1 Å². The van der Waals surface area contributed by atoms with Gasteiger partial charge in [-0.3, -0.25) is 10.1 Å². The Bertz CT molecular complexity index is 314. The lowest BCUT2D eigenvalue weighted by molar-refractivity contribution is -0.384. The van der Waals surface area contributed by atoms with Crippen LogP contribution in [0.1, 0.15) is 5.56 Å². The predicted octanol–water partition coefficient (Wildman–Crippen LogP) is 1.83. The highest BCUT2D eigenvalue weighted by Crippen LogP contribution is 2.13. The van der Waals surface area contributed by atoms with Gasteiger partial charge in [0.1, 0.15) is 0 Å². The lowest BCUT2D eigenvalue weighted by Gasteiger charge is -1.94. The van der Waals surface area contributed by atoms with Crippen LogP contribution in [0.3, 0.4) is 0 Å². The highest BCUT2D eigenvalue weighted by Gasteiger charge is 2.04. The van der Waals surface area contributed by atoms with Crippen molar-refractivity contribution < 1.29 is 4.92 Å². The standard InChI is InChI=1S/C7H6N2O2S/c10-9(11)7-3-1-2-6(4-7)5-8-12/h1-4H,5H2. The van der Waals surface area contributed by atoms with Gasteiger partial charge < -0.3 is 0 Å². The number of hydrogen-bond donors (Lipinski definition) is 0. The molecule has 62 valence electrons. The van der Waals surface area contributed by atoms with E-state index in [4.69, 9.17) is 0 Å². The highest BCUT2D eigenvalue weighted by molar-refractivity contribution is 7.47. The quantitative estimate of drug-likeness (QED) is 0.529. The molecule has 5 heteroatoms. The molecule has 1 aromatic carbocycles. The lowest BCUT2D eigenvalue weighted by atomic mass is 10.2. The van der Waals surface area contributed by atoms with E-state index in [1.54, 1.807) is 12.1 Å². The number of hydrogen-bond acceptors (Lipinski definition) is 4. The summed E-state index contributed by atoms with van der Waals surface area (Å²) in [6.45, 7) is 0.344. The van der Waals surface area contributed by atoms with E-state index in [9.17, 15) is 10.1 Å². The van der Waals surface area contributed by atoms with Gasteiger partial charge in [-0.1, -0.05) is 12.1 Å². The van der Waals surface area contributed by atoms with Crippen LogP contribution in [0.25, 0.3) is 0 Å². The number of nitro benzene ring substituents is 1. The normalized spacial score (nSPS) is 9.33. The zero-order valence-electron chi connectivity index (χ0n) is 6.14. The van der Waals surface area contributed by atoms with Gasteiger partial charge in [0.2, 0.25) is 0 Å². The monoisotopic (exact) mass is 182 g/mol. The van der Waals surface area contributed by atoms with Crippen molar-refractivity contribution in [3.8, 4) is 0 Å². The van der Waals surface area contributed by atoms with Crippen LogP contribution >= 0.6 is 0 Å². The van der Waals surface area contributed by atoms with Crippen molar-refractivity contribution in [1.82, 2.24) is 0 Å². The molecule has 0 atom stereocenters. The third-order valence-electron chi connectivity index (χ3n) is 1.37. The van der Waals surface area contributed by atoms with Crippen LogP contribution in [-0.2, 0) is 19.0 Å². The topological polar surface area (TPSA) is 55.5 Å². The summed E-state index contributed by atoms with van der Waals surface area (Å²) in [5.74, 6) is 0. The second-order valence-corrected chi connectivity index (χ2v) is 2.47. The van der Waals surface area contributed by atoms with E-state index in [-0.39, 0.29) is 5.69 Å². The number of benzene rings is 1. The van der Waals surface area contributed by atoms with Crippen molar-refractivity contribution in [1.29, 1.82) is 0 Å². The fraction of sp³-hybridized carbons (Fsp3) is 0.143. The van der Waals surface area contributed by atoms with Crippen LogP contribution in [0, 0.1) is 10.1 Å². The molecule has 0 heterocycles. The Labute approximate surface area is 74.5 Å². The molecule has 0 spiro atoms. The molecule has 0 saturated carbocycles. The van der Waals surface area contributed by atoms with Crippen LogP contribution in [-0.4, -0.2) is 4.92 Å². The summed E-state index contributed by atoms with van der Waals surface area (Å²) in [6, 6.07) is 6.28. The summed E-state index contributed by atoms with van der Waals surface area (Å²) >= 11 is 4.40. The van der Waals surface area contributed by atoms with Crippen LogP contribution < -0.4 is 0 Å². The average Bonchev–Trinajstić information content (AvgIpc) is 2.05. The Kier molecular flexibility index (Phi) is 2.82. The van der Waals surface area contributed by atoms with Crippen molar-refractivity contribution in [3.63, 3.8) is 0 Å². The van der Waals surface area contributed by atoms with Crippen molar-refractivity contribution in [2.24, 2.45) is 4.36 Å². The summed E-state index contributed by atoms with van der Waals surface area (Å²) in [4.78, 5) is 9.87. The smallest absolute Gasteiger partial charge is 0.258 e. The average molecular weight is 182 g/mol. The van der Waals surface area contributed by atoms with E-state index in [1.807, 2.05) is 0 Å². The second kappa shape index (κ2) is 3.87. The third-order valence-corrected chi connectivity index (χ3v) is 1.50. The van der Waals surface area contributed by atoms with E-state index >= 15 is 0 Å². The molecule has 0 radical (unpaired) electrons. The molecule has 1 rings (SSSR count). The fourth-order valence-corrected chi connectivity index (χ4v) is 0.992. The maximum atomic E-state index is 10.3. The third kappa shape index (κ3) is 2.06. The van der Waals surface area contributed by atoms with Gasteiger partial charge in [-0.25, -0.2) is 4.36 Å². The molecule has 12 heavy (non-hydrogen) atoms. The summed E-state index contributed by atoms with van der Waals surface area (Å²) < 4.78 is 3.47. The largest absolute Gasteiger partial charge is 0.269 e. The van der Waals surface area contributed by atoms with Gasteiger partial charge >= 0.3 is 0 Å². The van der Waals surface area contributed by atoms with Gasteiger partial charge in [-0.2, -0.15) is 0 Å². The van der Waals surface area contributed by atoms with Crippen molar-refractivity contribution in [3.05, 3.63) is 39.9 Å². The van der Waals surface area contributed by atoms with Crippen LogP contribution in [0.4, 0.5) is 5.69 Å². The first-order chi connectivity index (χ1) is 5.74. The minimum atomic E-state index is -0.438. The molecule has 0 saturated heterocycles. The molecular formula is C7H6N2O2S. The lowest BCUT2D eigenvalue weighted by Crippen LogP contribution is -1.89. The van der Waals surface area contributed by atoms with E-state index in [0.29, 0.717) is 6.54 Å². The zero-order valence-corrected chi connectivity index (χ0v) is 6.95. The van der Waals surface area contributed by atoms with E-state index in [0.717, 1.165) is 5.56 Å². The summed E-state index contributed by atoms with van der Waals surface area (Å²) in [7, 11) is 0. The molecule has 0 fully saturated rings. The van der Waals surface area contributed by atoms with Gasteiger partial charge in [-0.15, -0.1) is 0 Å². The van der Waals surface area contributed by atoms with Gasteiger partial charge in [0.15, 0.2) is 0 Å². The minimum absolute atomic E-state index is 0.0751. The number of rotatable bonds is 3. The molecule has 4 nitrogen and oxygen atoms in total. The molecule has 0 aliphatic carbocycles. The van der Waals surface area contributed by atoms with Gasteiger partial charge in [0.25, 0.3) is 5.69 Å². The van der Waals surface area contributed by atoms with Crippen LogP contribution in [0.2, 0.25) is 0 Å². The van der Waals surface area contributed by atoms with Crippen molar-refractivity contribution in [2.45, 2.75) is 6.54 Å². The molecule has 0 aromatic heterocycles.